The lowest BCUT2D eigenvalue weighted by Gasteiger charge is -2.22. The molecule has 0 aromatic heterocycles. The van der Waals surface area contributed by atoms with Gasteiger partial charge in [0.2, 0.25) is 0 Å². The van der Waals surface area contributed by atoms with Crippen LogP contribution in [0.1, 0.15) is 43.8 Å². The van der Waals surface area contributed by atoms with Crippen molar-refractivity contribution in [3.8, 4) is 0 Å². The van der Waals surface area contributed by atoms with Crippen LogP contribution in [0.2, 0.25) is 5.02 Å². The summed E-state index contributed by atoms with van der Waals surface area (Å²) in [6.07, 6.45) is 6.36. The second-order valence-corrected chi connectivity index (χ2v) is 5.67. The zero-order valence-corrected chi connectivity index (χ0v) is 11.5. The first kappa shape index (κ1) is 13.9. The largest absolute Gasteiger partial charge is 0.387 e. The Kier molecular flexibility index (Phi) is 5.48. The summed E-state index contributed by atoms with van der Waals surface area (Å²) in [5, 5.41) is 14.1. The van der Waals surface area contributed by atoms with Crippen LogP contribution >= 0.6 is 11.6 Å². The van der Waals surface area contributed by atoms with E-state index in [-0.39, 0.29) is 0 Å². The molecule has 1 saturated carbocycles. The van der Waals surface area contributed by atoms with Gasteiger partial charge in [-0.1, -0.05) is 43.0 Å². The number of hydrogen-bond donors (Lipinski definition) is 2. The Hall–Kier alpha value is -0.570. The van der Waals surface area contributed by atoms with Gasteiger partial charge in [0, 0.05) is 11.6 Å². The predicted octanol–water partition coefficient (Wildman–Crippen LogP) is 3.54. The zero-order valence-electron chi connectivity index (χ0n) is 10.7. The monoisotopic (exact) mass is 267 g/mol. The van der Waals surface area contributed by atoms with Crippen LogP contribution < -0.4 is 5.32 Å². The van der Waals surface area contributed by atoms with Gasteiger partial charge in [0.15, 0.2) is 0 Å². The molecule has 1 atom stereocenters. The van der Waals surface area contributed by atoms with Crippen LogP contribution in [0.3, 0.4) is 0 Å². The summed E-state index contributed by atoms with van der Waals surface area (Å²) in [5.74, 6) is 0.802. The second-order valence-electron chi connectivity index (χ2n) is 5.23. The van der Waals surface area contributed by atoms with Crippen LogP contribution in [0.15, 0.2) is 24.3 Å². The maximum Gasteiger partial charge on any atom is 0.0914 e. The molecular weight excluding hydrogens is 246 g/mol. The highest BCUT2D eigenvalue weighted by molar-refractivity contribution is 6.30. The lowest BCUT2D eigenvalue weighted by atomic mass is 9.89. The van der Waals surface area contributed by atoms with Crippen molar-refractivity contribution in [2.24, 2.45) is 5.92 Å². The molecule has 0 radical (unpaired) electrons. The van der Waals surface area contributed by atoms with Crippen molar-refractivity contribution < 1.29 is 5.11 Å². The molecule has 0 heterocycles. The quantitative estimate of drug-likeness (QED) is 0.855. The molecule has 18 heavy (non-hydrogen) atoms. The summed E-state index contributed by atoms with van der Waals surface area (Å²) in [5.41, 5.74) is 0.926. The van der Waals surface area contributed by atoms with E-state index in [1.54, 1.807) is 0 Å². The molecule has 3 heteroatoms. The van der Waals surface area contributed by atoms with Crippen LogP contribution in [0.4, 0.5) is 0 Å². The van der Waals surface area contributed by atoms with E-state index in [9.17, 15) is 5.11 Å². The summed E-state index contributed by atoms with van der Waals surface area (Å²) < 4.78 is 0. The topological polar surface area (TPSA) is 32.3 Å². The molecule has 100 valence electrons. The molecule has 1 aliphatic carbocycles. The van der Waals surface area contributed by atoms with E-state index in [4.69, 9.17) is 11.6 Å². The molecule has 0 spiro atoms. The average Bonchev–Trinajstić information content (AvgIpc) is 2.40. The molecule has 0 saturated heterocycles. The lowest BCUT2D eigenvalue weighted by Crippen LogP contribution is -2.28. The molecule has 0 aliphatic heterocycles. The molecule has 1 aromatic rings. The molecule has 1 aliphatic rings. The SMILES string of the molecule is OC(CNCC1CCCCC1)c1ccc(Cl)cc1. The molecule has 2 N–H and O–H groups in total. The first-order valence-electron chi connectivity index (χ1n) is 6.90. The Morgan fingerprint density at radius 1 is 1.17 bits per heavy atom. The van der Waals surface area contributed by atoms with Crippen LogP contribution in [-0.2, 0) is 0 Å². The standard InChI is InChI=1S/C15H22ClNO/c16-14-8-6-13(7-9-14)15(18)11-17-10-12-4-2-1-3-5-12/h6-9,12,15,17-18H,1-5,10-11H2. The maximum atomic E-state index is 10.0. The third-order valence-corrected chi connectivity index (χ3v) is 4.00. The number of aliphatic hydroxyl groups excluding tert-OH is 1. The van der Waals surface area contributed by atoms with Crippen LogP contribution in [-0.4, -0.2) is 18.2 Å². The van der Waals surface area contributed by atoms with E-state index in [1.165, 1.54) is 32.1 Å². The summed E-state index contributed by atoms with van der Waals surface area (Å²) in [6, 6.07) is 7.41. The van der Waals surface area contributed by atoms with Gasteiger partial charge in [0.1, 0.15) is 0 Å². The van der Waals surface area contributed by atoms with Gasteiger partial charge in [-0.3, -0.25) is 0 Å². The maximum absolute atomic E-state index is 10.0. The third kappa shape index (κ3) is 4.27. The Bertz CT molecular complexity index is 346. The highest BCUT2D eigenvalue weighted by atomic mass is 35.5. The van der Waals surface area contributed by atoms with Gasteiger partial charge < -0.3 is 10.4 Å². The third-order valence-electron chi connectivity index (χ3n) is 3.75. The van der Waals surface area contributed by atoms with Crippen molar-refractivity contribution in [3.63, 3.8) is 0 Å². The fourth-order valence-electron chi connectivity index (χ4n) is 2.62. The molecule has 2 rings (SSSR count). The summed E-state index contributed by atoms with van der Waals surface area (Å²) in [7, 11) is 0. The summed E-state index contributed by atoms with van der Waals surface area (Å²) in [4.78, 5) is 0. The molecule has 1 aromatic carbocycles. The second kappa shape index (κ2) is 7.13. The van der Waals surface area contributed by atoms with Gasteiger partial charge in [-0.25, -0.2) is 0 Å². The van der Waals surface area contributed by atoms with Gasteiger partial charge in [-0.15, -0.1) is 0 Å². The minimum atomic E-state index is -0.439. The van der Waals surface area contributed by atoms with E-state index in [0.29, 0.717) is 11.6 Å². The Balaban J connectivity index is 1.70. The number of halogens is 1. The highest BCUT2D eigenvalue weighted by Gasteiger charge is 2.13. The van der Waals surface area contributed by atoms with Gasteiger partial charge in [-0.2, -0.15) is 0 Å². The molecule has 0 bridgehead atoms. The van der Waals surface area contributed by atoms with Crippen LogP contribution in [0.5, 0.6) is 0 Å². The summed E-state index contributed by atoms with van der Waals surface area (Å²) in [6.45, 7) is 1.66. The van der Waals surface area contributed by atoms with Crippen molar-refractivity contribution in [2.75, 3.05) is 13.1 Å². The van der Waals surface area contributed by atoms with Gasteiger partial charge in [0.05, 0.1) is 6.10 Å². The average molecular weight is 268 g/mol. The first-order chi connectivity index (χ1) is 8.75. The van der Waals surface area contributed by atoms with Crippen molar-refractivity contribution in [1.82, 2.24) is 5.32 Å². The van der Waals surface area contributed by atoms with Gasteiger partial charge in [0.25, 0.3) is 0 Å². The van der Waals surface area contributed by atoms with Crippen LogP contribution in [0.25, 0.3) is 0 Å². The van der Waals surface area contributed by atoms with E-state index in [2.05, 4.69) is 5.32 Å². The molecular formula is C15H22ClNO. The van der Waals surface area contributed by atoms with Gasteiger partial charge >= 0.3 is 0 Å². The molecule has 0 amide bonds. The zero-order chi connectivity index (χ0) is 12.8. The lowest BCUT2D eigenvalue weighted by molar-refractivity contribution is 0.171. The van der Waals surface area contributed by atoms with Crippen molar-refractivity contribution in [2.45, 2.75) is 38.2 Å². The van der Waals surface area contributed by atoms with Crippen molar-refractivity contribution >= 4 is 11.6 Å². The van der Waals surface area contributed by atoms with Crippen molar-refractivity contribution in [3.05, 3.63) is 34.9 Å². The Labute approximate surface area is 114 Å². The Morgan fingerprint density at radius 2 is 1.83 bits per heavy atom. The predicted molar refractivity (Wildman–Crippen MR) is 75.9 cm³/mol. The number of hydrogen-bond acceptors (Lipinski definition) is 2. The fourth-order valence-corrected chi connectivity index (χ4v) is 2.74. The van der Waals surface area contributed by atoms with Gasteiger partial charge in [-0.05, 0) is 43.0 Å². The van der Waals surface area contributed by atoms with E-state index >= 15 is 0 Å². The minimum absolute atomic E-state index is 0.439. The number of nitrogens with one attached hydrogen (secondary N) is 1. The summed E-state index contributed by atoms with van der Waals surface area (Å²) >= 11 is 5.82. The molecule has 2 nitrogen and oxygen atoms in total. The van der Waals surface area contributed by atoms with E-state index in [0.717, 1.165) is 18.0 Å². The van der Waals surface area contributed by atoms with Crippen molar-refractivity contribution in [1.29, 1.82) is 0 Å². The molecule has 1 unspecified atom stereocenters. The smallest absolute Gasteiger partial charge is 0.0914 e. The van der Waals surface area contributed by atoms with E-state index in [1.807, 2.05) is 24.3 Å². The van der Waals surface area contributed by atoms with Crippen LogP contribution in [0, 0.1) is 5.92 Å². The highest BCUT2D eigenvalue weighted by Crippen LogP contribution is 2.23. The number of benzene rings is 1. The number of rotatable bonds is 5. The first-order valence-corrected chi connectivity index (χ1v) is 7.28. The molecule has 1 fully saturated rings. The van der Waals surface area contributed by atoms with E-state index < -0.39 is 6.10 Å². The number of aliphatic hydroxyl groups is 1. The fraction of sp³-hybridized carbons (Fsp3) is 0.600. The normalized spacial score (nSPS) is 18.8. The minimum Gasteiger partial charge on any atom is -0.387 e. The Morgan fingerprint density at radius 3 is 2.50 bits per heavy atom.